The summed E-state index contributed by atoms with van der Waals surface area (Å²) >= 11 is 0. The van der Waals surface area contributed by atoms with Crippen LogP contribution in [0.1, 0.15) is 41.8 Å². The summed E-state index contributed by atoms with van der Waals surface area (Å²) in [4.78, 5) is 38.7. The second kappa shape index (κ2) is 8.42. The van der Waals surface area contributed by atoms with Crippen molar-refractivity contribution in [3.63, 3.8) is 0 Å². The molecule has 0 aliphatic carbocycles. The first-order chi connectivity index (χ1) is 17.1. The molecule has 1 amide bonds. The molecule has 3 fully saturated rings. The second-order valence-electron chi connectivity index (χ2n) is 9.57. The van der Waals surface area contributed by atoms with Gasteiger partial charge in [-0.15, -0.1) is 0 Å². The molecule has 178 valence electrons. The fourth-order valence-corrected chi connectivity index (χ4v) is 6.07. The number of piperidine rings is 3. The average Bonchev–Trinajstić information content (AvgIpc) is 2.88. The molecule has 9 nitrogen and oxygen atoms in total. The molecule has 0 saturated carbocycles. The maximum Gasteiger partial charge on any atom is 0.318 e. The third-order valence-electron chi connectivity index (χ3n) is 7.72. The highest BCUT2D eigenvalue weighted by molar-refractivity contribution is 5.85. The van der Waals surface area contributed by atoms with Crippen molar-refractivity contribution in [1.82, 2.24) is 15.0 Å². The van der Waals surface area contributed by atoms with Gasteiger partial charge in [0.05, 0.1) is 13.1 Å². The van der Waals surface area contributed by atoms with Crippen molar-refractivity contribution in [2.75, 3.05) is 19.6 Å². The molecule has 3 saturated heterocycles. The highest BCUT2D eigenvalue weighted by Gasteiger charge is 2.55. The highest BCUT2D eigenvalue weighted by Crippen LogP contribution is 2.46. The van der Waals surface area contributed by atoms with Crippen LogP contribution in [0.15, 0.2) is 61.2 Å². The van der Waals surface area contributed by atoms with Crippen molar-refractivity contribution < 1.29 is 23.5 Å². The molecule has 4 aliphatic rings. The van der Waals surface area contributed by atoms with Crippen molar-refractivity contribution in [3.05, 3.63) is 78.1 Å². The molecule has 2 bridgehead atoms. The van der Waals surface area contributed by atoms with E-state index in [0.29, 0.717) is 28.4 Å². The minimum Gasteiger partial charge on any atom is -0.457 e. The quantitative estimate of drug-likeness (QED) is 0.448. The lowest BCUT2D eigenvalue weighted by molar-refractivity contribution is -0.965. The Morgan fingerprint density at radius 1 is 0.971 bits per heavy atom. The van der Waals surface area contributed by atoms with Crippen LogP contribution in [0.5, 0.6) is 11.5 Å². The summed E-state index contributed by atoms with van der Waals surface area (Å²) in [7, 11) is 0. The van der Waals surface area contributed by atoms with Gasteiger partial charge in [0.1, 0.15) is 36.6 Å². The zero-order chi connectivity index (χ0) is 24.0. The van der Waals surface area contributed by atoms with Gasteiger partial charge in [0, 0.05) is 29.9 Å². The smallest absolute Gasteiger partial charge is 0.318 e. The van der Waals surface area contributed by atoms with E-state index in [0.717, 1.165) is 37.1 Å². The molecule has 4 aliphatic heterocycles. The van der Waals surface area contributed by atoms with Gasteiger partial charge in [-0.1, -0.05) is 36.4 Å². The molecule has 2 atom stereocenters. The molecule has 35 heavy (non-hydrogen) atoms. The first-order valence-corrected chi connectivity index (χ1v) is 11.9. The summed E-state index contributed by atoms with van der Waals surface area (Å²) in [5.41, 5.74) is 7.46. The number of para-hydroxylation sites is 2. The van der Waals surface area contributed by atoms with E-state index in [1.165, 1.54) is 12.7 Å². The standard InChI is InChI=1S/C26H25N5O4/c27-24(32)23(25-29-14-28-15-30-25)31-11-9-16(10-12-31)21(13-31)35-26(33)22-17-5-1-3-7-19(17)34-20-8-4-2-6-18(20)22/h1-8,14-16,21-23H,9-13H2,(H-,27,32)/p+1/t16?,21-,23?,31?/m0/s1. The van der Waals surface area contributed by atoms with Crippen LogP contribution in [-0.2, 0) is 14.3 Å². The predicted molar refractivity (Wildman–Crippen MR) is 124 cm³/mol. The summed E-state index contributed by atoms with van der Waals surface area (Å²) < 4.78 is 12.7. The number of aromatic nitrogens is 3. The first kappa shape index (κ1) is 21.7. The summed E-state index contributed by atoms with van der Waals surface area (Å²) in [6.45, 7) is 2.03. The van der Waals surface area contributed by atoms with Crippen LogP contribution in [0.25, 0.3) is 0 Å². The van der Waals surface area contributed by atoms with Crippen LogP contribution in [0.3, 0.4) is 0 Å². The van der Waals surface area contributed by atoms with Gasteiger partial charge in [-0.2, -0.15) is 0 Å². The number of quaternary nitrogens is 1. The molecular weight excluding hydrogens is 446 g/mol. The van der Waals surface area contributed by atoms with Crippen molar-refractivity contribution in [3.8, 4) is 11.5 Å². The summed E-state index contributed by atoms with van der Waals surface area (Å²) in [6, 6.07) is 14.4. The van der Waals surface area contributed by atoms with Crippen molar-refractivity contribution in [1.29, 1.82) is 0 Å². The monoisotopic (exact) mass is 472 g/mol. The number of hydrogen-bond donors (Lipinski definition) is 1. The number of esters is 1. The topological polar surface area (TPSA) is 117 Å². The maximum absolute atomic E-state index is 13.7. The number of carbonyl (C=O) groups excluding carboxylic acids is 2. The molecular formula is C26H26N5O4+. The molecule has 7 rings (SSSR count). The number of rotatable bonds is 5. The maximum atomic E-state index is 13.7. The van der Waals surface area contributed by atoms with Crippen molar-refractivity contribution >= 4 is 11.9 Å². The van der Waals surface area contributed by atoms with E-state index in [9.17, 15) is 9.59 Å². The Balaban J connectivity index is 1.30. The van der Waals surface area contributed by atoms with Gasteiger partial charge in [0.25, 0.3) is 5.91 Å². The normalized spacial score (nSPS) is 25.6. The Morgan fingerprint density at radius 3 is 2.17 bits per heavy atom. The van der Waals surface area contributed by atoms with Crippen LogP contribution in [0, 0.1) is 5.92 Å². The predicted octanol–water partition coefficient (Wildman–Crippen LogP) is 2.49. The molecule has 1 aromatic heterocycles. The van der Waals surface area contributed by atoms with Crippen LogP contribution in [-0.4, -0.2) is 57.0 Å². The lowest BCUT2D eigenvalue weighted by Gasteiger charge is -2.54. The molecule has 9 heteroatoms. The Kier molecular flexibility index (Phi) is 5.21. The van der Waals surface area contributed by atoms with E-state index in [4.69, 9.17) is 15.2 Å². The van der Waals surface area contributed by atoms with Gasteiger partial charge in [0.2, 0.25) is 6.04 Å². The van der Waals surface area contributed by atoms with E-state index in [-0.39, 0.29) is 18.0 Å². The first-order valence-electron chi connectivity index (χ1n) is 11.9. The summed E-state index contributed by atoms with van der Waals surface area (Å²) in [6.07, 6.45) is 4.12. The zero-order valence-electron chi connectivity index (χ0n) is 19.1. The third-order valence-corrected chi connectivity index (χ3v) is 7.72. The number of carbonyl (C=O) groups is 2. The SMILES string of the molecule is NC(=O)C(c1ncncn1)[N+]12CCC(CC1)[C@@H](OC(=O)C1c3ccccc3Oc3ccccc31)C2. The fraction of sp³-hybridized carbons (Fsp3) is 0.346. The van der Waals surface area contributed by atoms with Gasteiger partial charge >= 0.3 is 5.97 Å². The molecule has 2 N–H and O–H groups in total. The number of primary amides is 1. The molecule has 5 heterocycles. The van der Waals surface area contributed by atoms with Crippen molar-refractivity contribution in [2.45, 2.75) is 30.9 Å². The minimum absolute atomic E-state index is 0.246. The third kappa shape index (κ3) is 3.63. The largest absolute Gasteiger partial charge is 0.457 e. The van der Waals surface area contributed by atoms with Crippen LogP contribution in [0.2, 0.25) is 0 Å². The molecule has 2 aromatic carbocycles. The lowest BCUT2D eigenvalue weighted by atomic mass is 9.81. The molecule has 0 radical (unpaired) electrons. The lowest BCUT2D eigenvalue weighted by Crippen LogP contribution is -2.67. The van der Waals surface area contributed by atoms with Gasteiger partial charge in [-0.3, -0.25) is 9.59 Å². The van der Waals surface area contributed by atoms with Crippen LogP contribution >= 0.6 is 0 Å². The van der Waals surface area contributed by atoms with E-state index >= 15 is 0 Å². The zero-order valence-corrected chi connectivity index (χ0v) is 19.1. The Morgan fingerprint density at radius 2 is 1.57 bits per heavy atom. The van der Waals surface area contributed by atoms with Gasteiger partial charge in [-0.25, -0.2) is 15.0 Å². The number of hydrogen-bond acceptors (Lipinski definition) is 7. The molecule has 3 aromatic rings. The number of ether oxygens (including phenoxy) is 2. The fourth-order valence-electron chi connectivity index (χ4n) is 6.07. The number of amides is 1. The average molecular weight is 473 g/mol. The Hall–Kier alpha value is -3.85. The number of nitrogens with zero attached hydrogens (tertiary/aromatic N) is 4. The Labute approximate surface area is 202 Å². The Bertz CT molecular complexity index is 1230. The molecule has 0 spiro atoms. The number of nitrogens with two attached hydrogens (primary N) is 1. The highest BCUT2D eigenvalue weighted by atomic mass is 16.5. The summed E-state index contributed by atoms with van der Waals surface area (Å²) in [5.74, 6) is 0.579. The molecule has 1 unspecified atom stereocenters. The van der Waals surface area contributed by atoms with E-state index < -0.39 is 17.9 Å². The second-order valence-corrected chi connectivity index (χ2v) is 9.57. The van der Waals surface area contributed by atoms with Gasteiger partial charge in [0.15, 0.2) is 11.9 Å². The van der Waals surface area contributed by atoms with E-state index in [1.54, 1.807) is 0 Å². The summed E-state index contributed by atoms with van der Waals surface area (Å²) in [5, 5.41) is 0. The van der Waals surface area contributed by atoms with E-state index in [2.05, 4.69) is 15.0 Å². The number of benzene rings is 2. The van der Waals surface area contributed by atoms with Gasteiger partial charge in [-0.05, 0) is 12.1 Å². The minimum atomic E-state index is -0.704. The van der Waals surface area contributed by atoms with E-state index in [1.807, 2.05) is 48.5 Å². The van der Waals surface area contributed by atoms with Crippen LogP contribution in [0.4, 0.5) is 0 Å². The number of fused-ring (bicyclic) bond motifs is 5. The van der Waals surface area contributed by atoms with Gasteiger partial charge < -0.3 is 19.7 Å². The van der Waals surface area contributed by atoms with Crippen molar-refractivity contribution in [2.24, 2.45) is 11.7 Å². The van der Waals surface area contributed by atoms with Crippen LogP contribution < -0.4 is 10.5 Å².